The Labute approximate surface area is 72.9 Å². The predicted octanol–water partition coefficient (Wildman–Crippen LogP) is -1.63. The first-order valence-corrected chi connectivity index (χ1v) is 2.25. The van der Waals surface area contributed by atoms with E-state index in [2.05, 4.69) is 5.14 Å². The standard InChI is InChI=1S/H3NO3S.Sr/c1-5(2,3)4;/h(H3,1,2,3,4);. The van der Waals surface area contributed by atoms with Crippen molar-refractivity contribution < 1.29 is 13.0 Å². The Morgan fingerprint density at radius 2 is 1.50 bits per heavy atom. The summed E-state index contributed by atoms with van der Waals surface area (Å²) in [4.78, 5) is 0. The molecule has 6 heavy (non-hydrogen) atoms. The van der Waals surface area contributed by atoms with Crippen LogP contribution in [0.1, 0.15) is 0 Å². The van der Waals surface area contributed by atoms with Gasteiger partial charge in [-0.1, -0.05) is 0 Å². The first-order chi connectivity index (χ1) is 2.00. The Kier molecular flexibility index (Phi) is 5.81. The van der Waals surface area contributed by atoms with Crippen LogP contribution in [-0.2, 0) is 10.3 Å². The van der Waals surface area contributed by atoms with Crippen LogP contribution in [0.15, 0.2) is 0 Å². The van der Waals surface area contributed by atoms with E-state index < -0.39 is 10.3 Å². The van der Waals surface area contributed by atoms with Gasteiger partial charge in [-0.2, -0.15) is 8.42 Å². The fourth-order valence-electron chi connectivity index (χ4n) is 0. The molecule has 0 aliphatic heterocycles. The summed E-state index contributed by atoms with van der Waals surface area (Å²) >= 11 is 0. The van der Waals surface area contributed by atoms with E-state index in [1.54, 1.807) is 0 Å². The van der Waals surface area contributed by atoms with Crippen LogP contribution in [0.5, 0.6) is 0 Å². The maximum Gasteiger partial charge on any atom is 0.330 e. The van der Waals surface area contributed by atoms with Crippen molar-refractivity contribution in [1.82, 2.24) is 0 Å². The van der Waals surface area contributed by atoms with Crippen LogP contribution in [0.3, 0.4) is 0 Å². The number of nitrogens with two attached hydrogens (primary N) is 1. The van der Waals surface area contributed by atoms with E-state index in [9.17, 15) is 0 Å². The molecule has 0 aliphatic carbocycles. The van der Waals surface area contributed by atoms with E-state index >= 15 is 0 Å². The molecule has 0 aromatic rings. The van der Waals surface area contributed by atoms with Crippen molar-refractivity contribution >= 4 is 55.8 Å². The Hall–Kier alpha value is 1.35. The number of hydrogen-bond donors (Lipinski definition) is 2. The summed E-state index contributed by atoms with van der Waals surface area (Å²) < 4.78 is 25.2. The van der Waals surface area contributed by atoms with Gasteiger partial charge in [-0.05, 0) is 0 Å². The Morgan fingerprint density at radius 1 is 1.50 bits per heavy atom. The molecule has 6 heteroatoms. The van der Waals surface area contributed by atoms with Crippen molar-refractivity contribution in [2.45, 2.75) is 0 Å². The van der Waals surface area contributed by atoms with Crippen LogP contribution in [0.2, 0.25) is 0 Å². The van der Waals surface area contributed by atoms with E-state index in [1.807, 2.05) is 0 Å². The van der Waals surface area contributed by atoms with Gasteiger partial charge in [0.2, 0.25) is 0 Å². The zero-order valence-corrected chi connectivity index (χ0v) is 7.25. The van der Waals surface area contributed by atoms with Gasteiger partial charge in [0.05, 0.1) is 0 Å². The second kappa shape index (κ2) is 3.36. The number of rotatable bonds is 0. The predicted molar refractivity (Wildman–Crippen MR) is 21.5 cm³/mol. The van der Waals surface area contributed by atoms with Gasteiger partial charge < -0.3 is 0 Å². The van der Waals surface area contributed by atoms with Crippen molar-refractivity contribution in [3.05, 3.63) is 0 Å². The Balaban J connectivity index is 0. The first-order valence-electron chi connectivity index (χ1n) is 0.752. The molecule has 0 fully saturated rings. The molecule has 0 bridgehead atoms. The second-order valence-corrected chi connectivity index (χ2v) is 1.54. The summed E-state index contributed by atoms with van der Waals surface area (Å²) in [5, 5.41) is 3.88. The summed E-state index contributed by atoms with van der Waals surface area (Å²) in [6.07, 6.45) is 0. The van der Waals surface area contributed by atoms with Gasteiger partial charge in [-0.25, -0.2) is 5.14 Å². The molecule has 0 saturated carbocycles. The summed E-state index contributed by atoms with van der Waals surface area (Å²) in [6.45, 7) is 0. The molecule has 0 amide bonds. The molecule has 0 aromatic carbocycles. The van der Waals surface area contributed by atoms with E-state index in [1.165, 1.54) is 0 Å². The summed E-state index contributed by atoms with van der Waals surface area (Å²) in [5.74, 6) is 0. The quantitative estimate of drug-likeness (QED) is 0.350. The average Bonchev–Trinajstić information content (AvgIpc) is 0.722. The normalized spacial score (nSPS) is 9.67. The maximum absolute atomic E-state index is 8.97. The molecule has 3 N–H and O–H groups in total. The van der Waals surface area contributed by atoms with Gasteiger partial charge in [0.1, 0.15) is 0 Å². The van der Waals surface area contributed by atoms with Crippen LogP contribution in [-0.4, -0.2) is 58.5 Å². The molecular formula is H3NO3SSr. The summed E-state index contributed by atoms with van der Waals surface area (Å²) in [7, 11) is -4.17. The monoisotopic (exact) mass is 185 g/mol. The third-order valence-electron chi connectivity index (χ3n) is 0. The molecule has 0 spiro atoms. The molecule has 0 atom stereocenters. The third-order valence-corrected chi connectivity index (χ3v) is 0. The largest absolute Gasteiger partial charge is 0.330 e. The van der Waals surface area contributed by atoms with Gasteiger partial charge >= 0.3 is 10.3 Å². The third kappa shape index (κ3) is 55.5. The zero-order chi connectivity index (χ0) is 4.50. The van der Waals surface area contributed by atoms with Crippen LogP contribution < -0.4 is 5.14 Å². The molecule has 0 aromatic heterocycles. The topological polar surface area (TPSA) is 80.4 Å². The van der Waals surface area contributed by atoms with Crippen LogP contribution in [0, 0.1) is 0 Å². The Morgan fingerprint density at radius 3 is 1.50 bits per heavy atom. The Bertz CT molecular complexity index is 94.0. The molecule has 34 valence electrons. The first kappa shape index (κ1) is 10.4. The van der Waals surface area contributed by atoms with Gasteiger partial charge in [0.15, 0.2) is 0 Å². The van der Waals surface area contributed by atoms with E-state index in [-0.39, 0.29) is 45.5 Å². The van der Waals surface area contributed by atoms with Gasteiger partial charge in [0, 0.05) is 45.5 Å². The summed E-state index contributed by atoms with van der Waals surface area (Å²) in [6, 6.07) is 0. The van der Waals surface area contributed by atoms with Crippen molar-refractivity contribution in [2.24, 2.45) is 5.14 Å². The van der Waals surface area contributed by atoms with Crippen molar-refractivity contribution in [3.63, 3.8) is 0 Å². The molecule has 0 unspecified atom stereocenters. The minimum atomic E-state index is -4.17. The second-order valence-electron chi connectivity index (χ2n) is 0.515. The molecule has 2 radical (unpaired) electrons. The van der Waals surface area contributed by atoms with Gasteiger partial charge in [0.25, 0.3) is 0 Å². The minimum absolute atomic E-state index is 0. The van der Waals surface area contributed by atoms with Crippen molar-refractivity contribution in [2.75, 3.05) is 0 Å². The average molecular weight is 185 g/mol. The molecule has 0 aliphatic rings. The smallest absolute Gasteiger partial charge is 0.274 e. The molecule has 0 saturated heterocycles. The van der Waals surface area contributed by atoms with Crippen molar-refractivity contribution in [3.8, 4) is 0 Å². The van der Waals surface area contributed by atoms with Crippen LogP contribution >= 0.6 is 0 Å². The van der Waals surface area contributed by atoms with Gasteiger partial charge in [-0.3, -0.25) is 4.55 Å². The van der Waals surface area contributed by atoms with E-state index in [4.69, 9.17) is 13.0 Å². The fraction of sp³-hybridized carbons (Fsp3) is 0. The maximum atomic E-state index is 8.97. The fourth-order valence-corrected chi connectivity index (χ4v) is 0. The summed E-state index contributed by atoms with van der Waals surface area (Å²) in [5.41, 5.74) is 0. The minimum Gasteiger partial charge on any atom is -0.274 e. The molecule has 4 nitrogen and oxygen atoms in total. The van der Waals surface area contributed by atoms with Crippen LogP contribution in [0.25, 0.3) is 0 Å². The molecule has 0 heterocycles. The number of hydrogen-bond acceptors (Lipinski definition) is 2. The van der Waals surface area contributed by atoms with E-state index in [0.717, 1.165) is 0 Å². The van der Waals surface area contributed by atoms with Crippen LogP contribution in [0.4, 0.5) is 0 Å². The van der Waals surface area contributed by atoms with E-state index in [0.29, 0.717) is 0 Å². The van der Waals surface area contributed by atoms with Gasteiger partial charge in [-0.15, -0.1) is 0 Å². The molecule has 0 rings (SSSR count). The molecular weight excluding hydrogens is 182 g/mol. The SMILES string of the molecule is NS(=O)(=O)O.[Sr]. The zero-order valence-electron chi connectivity index (χ0n) is 2.96. The van der Waals surface area contributed by atoms with Crippen molar-refractivity contribution in [1.29, 1.82) is 0 Å².